The predicted molar refractivity (Wildman–Crippen MR) is 142 cm³/mol. The first-order valence-corrected chi connectivity index (χ1v) is 13.9. The van der Waals surface area contributed by atoms with E-state index >= 15 is 0 Å². The molecule has 192 valence electrons. The van der Waals surface area contributed by atoms with E-state index in [0.717, 1.165) is 11.8 Å². The molecule has 0 unspecified atom stereocenters. The van der Waals surface area contributed by atoms with Gasteiger partial charge in [-0.1, -0.05) is 48.9 Å². The van der Waals surface area contributed by atoms with Gasteiger partial charge in [-0.2, -0.15) is 0 Å². The van der Waals surface area contributed by atoms with E-state index < -0.39 is 21.6 Å². The standard InChI is InChI=1S/C26H36ClN3O4S/c1-6-23(25(32)28-26(2,3)4)29(19-20-14-16-21(27)17-15-20)24(31)13-10-18-30(35(5,33)34)22-11-8-7-9-12-22/h7-9,11-12,14-17,23H,6,10,13,18-19H2,1-5H3,(H,28,32)/t23-/m0/s1. The molecular weight excluding hydrogens is 486 g/mol. The maximum Gasteiger partial charge on any atom is 0.243 e. The second kappa shape index (κ2) is 12.4. The van der Waals surface area contributed by atoms with E-state index in [-0.39, 0.29) is 31.3 Å². The summed E-state index contributed by atoms with van der Waals surface area (Å²) in [6.07, 6.45) is 2.01. The van der Waals surface area contributed by atoms with Gasteiger partial charge in [0, 0.05) is 30.1 Å². The number of nitrogens with one attached hydrogen (secondary N) is 1. The Morgan fingerprint density at radius 1 is 1.03 bits per heavy atom. The van der Waals surface area contributed by atoms with Crippen LogP contribution in [0.1, 0.15) is 52.5 Å². The lowest BCUT2D eigenvalue weighted by Gasteiger charge is -2.33. The molecule has 0 fully saturated rings. The van der Waals surface area contributed by atoms with Crippen molar-refractivity contribution in [3.8, 4) is 0 Å². The van der Waals surface area contributed by atoms with Gasteiger partial charge in [-0.15, -0.1) is 0 Å². The van der Waals surface area contributed by atoms with Crippen molar-refractivity contribution in [1.82, 2.24) is 10.2 Å². The number of anilines is 1. The smallest absolute Gasteiger partial charge is 0.243 e. The van der Waals surface area contributed by atoms with E-state index in [2.05, 4.69) is 5.32 Å². The van der Waals surface area contributed by atoms with E-state index in [1.807, 2.05) is 45.9 Å². The Labute approximate surface area is 214 Å². The first-order valence-electron chi connectivity index (χ1n) is 11.7. The van der Waals surface area contributed by atoms with Crippen LogP contribution in [0.2, 0.25) is 5.02 Å². The summed E-state index contributed by atoms with van der Waals surface area (Å²) in [5, 5.41) is 3.56. The molecule has 0 radical (unpaired) electrons. The van der Waals surface area contributed by atoms with Crippen molar-refractivity contribution in [3.05, 3.63) is 65.2 Å². The van der Waals surface area contributed by atoms with Crippen molar-refractivity contribution in [3.63, 3.8) is 0 Å². The minimum Gasteiger partial charge on any atom is -0.350 e. The lowest BCUT2D eigenvalue weighted by molar-refractivity contribution is -0.142. The molecule has 0 aliphatic heterocycles. The minimum atomic E-state index is -3.51. The normalized spacial score (nSPS) is 12.6. The monoisotopic (exact) mass is 521 g/mol. The highest BCUT2D eigenvalue weighted by Gasteiger charge is 2.30. The molecule has 35 heavy (non-hydrogen) atoms. The van der Waals surface area contributed by atoms with Crippen molar-refractivity contribution < 1.29 is 18.0 Å². The van der Waals surface area contributed by atoms with Crippen molar-refractivity contribution in [1.29, 1.82) is 0 Å². The largest absolute Gasteiger partial charge is 0.350 e. The molecule has 0 aliphatic rings. The van der Waals surface area contributed by atoms with Crippen LogP contribution in [-0.4, -0.2) is 49.5 Å². The van der Waals surface area contributed by atoms with Gasteiger partial charge in [-0.05, 0) is 63.4 Å². The summed E-state index contributed by atoms with van der Waals surface area (Å²) in [4.78, 5) is 28.1. The molecule has 1 N–H and O–H groups in total. The third-order valence-electron chi connectivity index (χ3n) is 5.35. The van der Waals surface area contributed by atoms with Crippen molar-refractivity contribution >= 4 is 39.1 Å². The van der Waals surface area contributed by atoms with Gasteiger partial charge in [0.2, 0.25) is 21.8 Å². The Bertz CT molecular complexity index is 1080. The van der Waals surface area contributed by atoms with Crippen molar-refractivity contribution in [2.75, 3.05) is 17.1 Å². The number of hydrogen-bond donors (Lipinski definition) is 1. The molecule has 2 amide bonds. The van der Waals surface area contributed by atoms with Crippen LogP contribution < -0.4 is 9.62 Å². The molecule has 0 saturated carbocycles. The summed E-state index contributed by atoms with van der Waals surface area (Å²) < 4.78 is 26.0. The first-order chi connectivity index (χ1) is 16.3. The van der Waals surface area contributed by atoms with Gasteiger partial charge >= 0.3 is 0 Å². The number of carbonyl (C=O) groups excluding carboxylic acids is 2. The minimum absolute atomic E-state index is 0.103. The maximum atomic E-state index is 13.4. The zero-order valence-corrected chi connectivity index (χ0v) is 22.7. The van der Waals surface area contributed by atoms with Crippen LogP contribution in [0.25, 0.3) is 0 Å². The number of carbonyl (C=O) groups is 2. The fourth-order valence-corrected chi connectivity index (χ4v) is 4.85. The molecule has 2 aromatic carbocycles. The number of para-hydroxylation sites is 1. The second-order valence-corrected chi connectivity index (χ2v) is 11.9. The Kier molecular flexibility index (Phi) is 10.2. The summed E-state index contributed by atoms with van der Waals surface area (Å²) in [7, 11) is -3.51. The number of halogens is 1. The molecule has 2 aromatic rings. The Morgan fingerprint density at radius 3 is 2.14 bits per heavy atom. The molecule has 1 atom stereocenters. The van der Waals surface area contributed by atoms with Gasteiger partial charge in [0.05, 0.1) is 11.9 Å². The van der Waals surface area contributed by atoms with Gasteiger partial charge in [0.1, 0.15) is 6.04 Å². The molecule has 0 aliphatic carbocycles. The molecule has 7 nitrogen and oxygen atoms in total. The van der Waals surface area contributed by atoms with Gasteiger partial charge in [0.15, 0.2) is 0 Å². The van der Waals surface area contributed by atoms with E-state index in [0.29, 0.717) is 23.6 Å². The van der Waals surface area contributed by atoms with Crippen LogP contribution in [0.5, 0.6) is 0 Å². The average molecular weight is 522 g/mol. The summed E-state index contributed by atoms with van der Waals surface area (Å²) in [5.74, 6) is -0.429. The van der Waals surface area contributed by atoms with Crippen molar-refractivity contribution in [2.24, 2.45) is 0 Å². The van der Waals surface area contributed by atoms with E-state index in [4.69, 9.17) is 11.6 Å². The predicted octanol–water partition coefficient (Wildman–Crippen LogP) is 4.61. The van der Waals surface area contributed by atoms with Crippen LogP contribution in [0.15, 0.2) is 54.6 Å². The van der Waals surface area contributed by atoms with Gasteiger partial charge in [-0.25, -0.2) is 8.42 Å². The second-order valence-electron chi connectivity index (χ2n) is 9.59. The molecule has 2 rings (SSSR count). The number of benzene rings is 2. The molecular formula is C26H36ClN3O4S. The van der Waals surface area contributed by atoms with Gasteiger partial charge in [-0.3, -0.25) is 13.9 Å². The number of rotatable bonds is 11. The fourth-order valence-electron chi connectivity index (χ4n) is 3.76. The molecule has 0 aromatic heterocycles. The summed E-state index contributed by atoms with van der Waals surface area (Å²) in [6, 6.07) is 15.3. The topological polar surface area (TPSA) is 86.8 Å². The van der Waals surface area contributed by atoms with Crippen molar-refractivity contribution in [2.45, 2.75) is 65.1 Å². The van der Waals surface area contributed by atoms with Gasteiger partial charge < -0.3 is 10.2 Å². The highest BCUT2D eigenvalue weighted by Crippen LogP contribution is 2.20. The van der Waals surface area contributed by atoms with E-state index in [1.165, 1.54) is 4.31 Å². The highest BCUT2D eigenvalue weighted by atomic mass is 35.5. The molecule has 0 heterocycles. The summed E-state index contributed by atoms with van der Waals surface area (Å²) in [6.45, 7) is 7.97. The highest BCUT2D eigenvalue weighted by molar-refractivity contribution is 7.92. The third kappa shape index (κ3) is 9.18. The Hall–Kier alpha value is -2.58. The SMILES string of the molecule is CC[C@@H](C(=O)NC(C)(C)C)N(Cc1ccc(Cl)cc1)C(=O)CCCN(c1ccccc1)S(C)(=O)=O. The van der Waals surface area contributed by atoms with E-state index in [1.54, 1.807) is 41.3 Å². The van der Waals surface area contributed by atoms with Crippen LogP contribution in [-0.2, 0) is 26.2 Å². The van der Waals surface area contributed by atoms with Gasteiger partial charge in [0.25, 0.3) is 0 Å². The zero-order chi connectivity index (χ0) is 26.2. The molecule has 0 bridgehead atoms. The molecule has 0 spiro atoms. The fraction of sp³-hybridized carbons (Fsp3) is 0.462. The van der Waals surface area contributed by atoms with Crippen LogP contribution in [0.4, 0.5) is 5.69 Å². The lowest BCUT2D eigenvalue weighted by Crippen LogP contribution is -2.53. The Morgan fingerprint density at radius 2 is 1.63 bits per heavy atom. The quantitative estimate of drug-likeness (QED) is 0.468. The molecule has 9 heteroatoms. The third-order valence-corrected chi connectivity index (χ3v) is 6.79. The number of sulfonamides is 1. The Balaban J connectivity index is 2.21. The lowest BCUT2D eigenvalue weighted by atomic mass is 10.0. The first kappa shape index (κ1) is 28.7. The van der Waals surface area contributed by atoms with Crippen LogP contribution in [0, 0.1) is 0 Å². The zero-order valence-electron chi connectivity index (χ0n) is 21.1. The van der Waals surface area contributed by atoms with Crippen LogP contribution in [0.3, 0.4) is 0 Å². The average Bonchev–Trinajstić information content (AvgIpc) is 2.76. The number of amides is 2. The molecule has 0 saturated heterocycles. The number of hydrogen-bond acceptors (Lipinski definition) is 4. The number of nitrogens with zero attached hydrogens (tertiary/aromatic N) is 2. The maximum absolute atomic E-state index is 13.4. The summed E-state index contributed by atoms with van der Waals surface area (Å²) >= 11 is 6.01. The van der Waals surface area contributed by atoms with E-state index in [9.17, 15) is 18.0 Å². The van der Waals surface area contributed by atoms with Crippen LogP contribution >= 0.6 is 11.6 Å². The summed E-state index contributed by atoms with van der Waals surface area (Å²) in [5.41, 5.74) is 0.966.